The normalized spacial score (nSPS) is 29.3. The summed E-state index contributed by atoms with van der Waals surface area (Å²) < 4.78 is 0. The van der Waals surface area contributed by atoms with Gasteiger partial charge in [0.15, 0.2) is 0 Å². The predicted molar refractivity (Wildman–Crippen MR) is 77.8 cm³/mol. The van der Waals surface area contributed by atoms with E-state index < -0.39 is 0 Å². The van der Waals surface area contributed by atoms with E-state index >= 15 is 0 Å². The lowest BCUT2D eigenvalue weighted by atomic mass is 9.83. The molecular weight excluding hydrogens is 238 g/mol. The SMILES string of the molecule is CC(CNC(=O)CC1CCCCC1N)N(C)C1CC1. The molecule has 0 aromatic heterocycles. The van der Waals surface area contributed by atoms with E-state index in [0.29, 0.717) is 18.4 Å². The van der Waals surface area contributed by atoms with E-state index in [2.05, 4.69) is 24.2 Å². The summed E-state index contributed by atoms with van der Waals surface area (Å²) in [5, 5.41) is 3.08. The second-order valence-corrected chi connectivity index (χ2v) is 6.46. The molecule has 110 valence electrons. The molecule has 4 heteroatoms. The molecule has 0 aromatic rings. The van der Waals surface area contributed by atoms with Gasteiger partial charge in [-0.15, -0.1) is 0 Å². The number of nitrogens with two attached hydrogens (primary N) is 1. The van der Waals surface area contributed by atoms with Gasteiger partial charge in [-0.25, -0.2) is 0 Å². The van der Waals surface area contributed by atoms with Crippen molar-refractivity contribution >= 4 is 5.91 Å². The quantitative estimate of drug-likeness (QED) is 0.766. The molecule has 0 bridgehead atoms. The van der Waals surface area contributed by atoms with Crippen molar-refractivity contribution in [3.05, 3.63) is 0 Å². The number of nitrogens with zero attached hydrogens (tertiary/aromatic N) is 1. The Morgan fingerprint density at radius 1 is 1.32 bits per heavy atom. The molecular formula is C15H29N3O. The Balaban J connectivity index is 1.65. The van der Waals surface area contributed by atoms with Crippen LogP contribution in [0.2, 0.25) is 0 Å². The fraction of sp³-hybridized carbons (Fsp3) is 0.933. The first-order valence-electron chi connectivity index (χ1n) is 7.82. The number of carbonyl (C=O) groups excluding carboxylic acids is 1. The zero-order valence-corrected chi connectivity index (χ0v) is 12.4. The molecule has 3 atom stereocenters. The van der Waals surface area contributed by atoms with E-state index in [4.69, 9.17) is 5.73 Å². The van der Waals surface area contributed by atoms with E-state index in [1.807, 2.05) is 0 Å². The maximum Gasteiger partial charge on any atom is 0.220 e. The number of hydrogen-bond donors (Lipinski definition) is 2. The third kappa shape index (κ3) is 4.46. The van der Waals surface area contributed by atoms with Crippen molar-refractivity contribution in [2.24, 2.45) is 11.7 Å². The van der Waals surface area contributed by atoms with Gasteiger partial charge < -0.3 is 11.1 Å². The van der Waals surface area contributed by atoms with Gasteiger partial charge in [0.05, 0.1) is 0 Å². The van der Waals surface area contributed by atoms with Gasteiger partial charge in [0, 0.05) is 31.1 Å². The molecule has 0 radical (unpaired) electrons. The number of likely N-dealkylation sites (N-methyl/N-ethyl adjacent to an activating group) is 1. The van der Waals surface area contributed by atoms with Gasteiger partial charge in [0.2, 0.25) is 5.91 Å². The van der Waals surface area contributed by atoms with E-state index in [1.165, 1.54) is 25.7 Å². The van der Waals surface area contributed by atoms with Crippen LogP contribution in [0.15, 0.2) is 0 Å². The zero-order chi connectivity index (χ0) is 13.8. The highest BCUT2D eigenvalue weighted by Crippen LogP contribution is 2.27. The summed E-state index contributed by atoms with van der Waals surface area (Å²) in [6.07, 6.45) is 7.89. The van der Waals surface area contributed by atoms with E-state index in [9.17, 15) is 4.79 Å². The molecule has 4 nitrogen and oxygen atoms in total. The minimum absolute atomic E-state index is 0.179. The number of amides is 1. The van der Waals surface area contributed by atoms with Crippen LogP contribution in [-0.2, 0) is 4.79 Å². The lowest BCUT2D eigenvalue weighted by Crippen LogP contribution is -2.43. The molecule has 0 heterocycles. The average Bonchev–Trinajstić information content (AvgIpc) is 3.22. The number of rotatable bonds is 6. The van der Waals surface area contributed by atoms with Crippen molar-refractivity contribution in [1.82, 2.24) is 10.2 Å². The Labute approximate surface area is 117 Å². The van der Waals surface area contributed by atoms with E-state index in [0.717, 1.165) is 25.4 Å². The highest BCUT2D eigenvalue weighted by Gasteiger charge is 2.29. The van der Waals surface area contributed by atoms with Crippen molar-refractivity contribution in [2.45, 2.75) is 70.0 Å². The molecule has 3 unspecified atom stereocenters. The first kappa shape index (κ1) is 14.8. The molecule has 2 aliphatic carbocycles. The van der Waals surface area contributed by atoms with Crippen LogP contribution in [0.25, 0.3) is 0 Å². The maximum atomic E-state index is 12.0. The van der Waals surface area contributed by atoms with Crippen molar-refractivity contribution in [3.63, 3.8) is 0 Å². The highest BCUT2D eigenvalue weighted by atomic mass is 16.1. The van der Waals surface area contributed by atoms with Crippen LogP contribution in [0.1, 0.15) is 51.9 Å². The number of carbonyl (C=O) groups is 1. The van der Waals surface area contributed by atoms with Crippen LogP contribution in [0, 0.1) is 5.92 Å². The van der Waals surface area contributed by atoms with Crippen molar-refractivity contribution in [2.75, 3.05) is 13.6 Å². The first-order chi connectivity index (χ1) is 9.08. The van der Waals surface area contributed by atoms with Gasteiger partial charge in [0.25, 0.3) is 0 Å². The Morgan fingerprint density at radius 2 is 2.00 bits per heavy atom. The van der Waals surface area contributed by atoms with Crippen LogP contribution in [0.5, 0.6) is 0 Å². The molecule has 0 saturated heterocycles. The third-order valence-corrected chi connectivity index (χ3v) is 4.83. The summed E-state index contributed by atoms with van der Waals surface area (Å²) in [5.74, 6) is 0.573. The fourth-order valence-corrected chi connectivity index (χ4v) is 3.05. The minimum atomic E-state index is 0.179. The number of hydrogen-bond acceptors (Lipinski definition) is 3. The van der Waals surface area contributed by atoms with E-state index in [1.54, 1.807) is 0 Å². The third-order valence-electron chi connectivity index (χ3n) is 4.83. The molecule has 0 spiro atoms. The monoisotopic (exact) mass is 267 g/mol. The summed E-state index contributed by atoms with van der Waals surface area (Å²) in [6.45, 7) is 2.94. The van der Waals surface area contributed by atoms with Gasteiger partial charge in [-0.3, -0.25) is 9.69 Å². The molecule has 0 aliphatic heterocycles. The van der Waals surface area contributed by atoms with Crippen molar-refractivity contribution in [1.29, 1.82) is 0 Å². The molecule has 3 N–H and O–H groups in total. The van der Waals surface area contributed by atoms with Crippen LogP contribution < -0.4 is 11.1 Å². The fourth-order valence-electron chi connectivity index (χ4n) is 3.05. The standard InChI is InChI=1S/C15H29N3O/c1-11(18(2)13-7-8-13)10-17-15(19)9-12-5-3-4-6-14(12)16/h11-14H,3-10,16H2,1-2H3,(H,17,19). The van der Waals surface area contributed by atoms with Gasteiger partial charge >= 0.3 is 0 Å². The van der Waals surface area contributed by atoms with Crippen LogP contribution >= 0.6 is 0 Å². The molecule has 1 amide bonds. The summed E-state index contributed by atoms with van der Waals surface area (Å²) in [6, 6.07) is 1.40. The van der Waals surface area contributed by atoms with Crippen LogP contribution in [-0.4, -0.2) is 42.5 Å². The maximum absolute atomic E-state index is 12.0. The largest absolute Gasteiger partial charge is 0.355 e. The zero-order valence-electron chi connectivity index (χ0n) is 12.4. The summed E-state index contributed by atoms with van der Waals surface area (Å²) in [5.41, 5.74) is 6.09. The topological polar surface area (TPSA) is 58.4 Å². The summed E-state index contributed by atoms with van der Waals surface area (Å²) in [4.78, 5) is 14.4. The molecule has 2 fully saturated rings. The number of nitrogens with one attached hydrogen (secondary N) is 1. The molecule has 19 heavy (non-hydrogen) atoms. The van der Waals surface area contributed by atoms with Gasteiger partial charge in [-0.05, 0) is 45.6 Å². The van der Waals surface area contributed by atoms with Gasteiger partial charge in [-0.2, -0.15) is 0 Å². The van der Waals surface area contributed by atoms with Gasteiger partial charge in [-0.1, -0.05) is 12.8 Å². The second-order valence-electron chi connectivity index (χ2n) is 6.46. The molecule has 0 aromatic carbocycles. The lowest BCUT2D eigenvalue weighted by molar-refractivity contribution is -0.122. The Hall–Kier alpha value is -0.610. The van der Waals surface area contributed by atoms with E-state index in [-0.39, 0.29) is 11.9 Å². The minimum Gasteiger partial charge on any atom is -0.355 e. The molecule has 2 saturated carbocycles. The second kappa shape index (κ2) is 6.71. The van der Waals surface area contributed by atoms with Crippen LogP contribution in [0.4, 0.5) is 0 Å². The lowest BCUT2D eigenvalue weighted by Gasteiger charge is -2.29. The predicted octanol–water partition coefficient (Wildman–Crippen LogP) is 1.49. The Kier molecular flexibility index (Phi) is 5.22. The summed E-state index contributed by atoms with van der Waals surface area (Å²) in [7, 11) is 2.16. The van der Waals surface area contributed by atoms with Crippen molar-refractivity contribution in [3.8, 4) is 0 Å². The molecule has 2 rings (SSSR count). The smallest absolute Gasteiger partial charge is 0.220 e. The average molecular weight is 267 g/mol. The summed E-state index contributed by atoms with van der Waals surface area (Å²) >= 11 is 0. The highest BCUT2D eigenvalue weighted by molar-refractivity contribution is 5.76. The van der Waals surface area contributed by atoms with Crippen molar-refractivity contribution < 1.29 is 4.79 Å². The first-order valence-corrected chi connectivity index (χ1v) is 7.82. The Morgan fingerprint density at radius 3 is 2.63 bits per heavy atom. The Bertz CT molecular complexity index is 304. The van der Waals surface area contributed by atoms with Crippen LogP contribution in [0.3, 0.4) is 0 Å². The van der Waals surface area contributed by atoms with Gasteiger partial charge in [0.1, 0.15) is 0 Å². The molecule has 2 aliphatic rings.